The minimum absolute atomic E-state index is 0.108. The van der Waals surface area contributed by atoms with E-state index in [4.69, 9.17) is 19.7 Å². The number of azide groups is 1. The lowest BCUT2D eigenvalue weighted by Gasteiger charge is -2.33. The predicted octanol–water partition coefficient (Wildman–Crippen LogP) is 0.876. The van der Waals surface area contributed by atoms with Crippen molar-refractivity contribution in [2.75, 3.05) is 11.9 Å². The molecule has 0 spiro atoms. The fraction of sp³-hybridized carbons (Fsp3) is 0.810. The molecule has 0 amide bonds. The molecule has 0 aromatic carbocycles. The third kappa shape index (κ3) is 6.68. The number of aromatic nitrogens is 2. The van der Waals surface area contributed by atoms with Gasteiger partial charge in [0.1, 0.15) is 24.3 Å². The summed E-state index contributed by atoms with van der Waals surface area (Å²) < 4.78 is 18.4. The van der Waals surface area contributed by atoms with E-state index in [1.807, 2.05) is 0 Å². The van der Waals surface area contributed by atoms with Crippen molar-refractivity contribution < 1.29 is 34.6 Å². The summed E-state index contributed by atoms with van der Waals surface area (Å²) in [4.78, 5) is 19.6. The fourth-order valence-electron chi connectivity index (χ4n) is 3.23. The van der Waals surface area contributed by atoms with Crippen LogP contribution in [-0.4, -0.2) is 73.3 Å². The summed E-state index contributed by atoms with van der Waals surface area (Å²) in [6.07, 6.45) is -6.44. The van der Waals surface area contributed by atoms with Crippen LogP contribution in [0.5, 0.6) is 0 Å². The van der Waals surface area contributed by atoms with Crippen molar-refractivity contribution in [2.45, 2.75) is 84.5 Å². The summed E-state index contributed by atoms with van der Waals surface area (Å²) in [5.74, 6) is -0.813. The van der Waals surface area contributed by atoms with Crippen LogP contribution in [0.1, 0.15) is 47.8 Å². The van der Waals surface area contributed by atoms with Crippen molar-refractivity contribution in [1.82, 2.24) is 9.55 Å². The summed E-state index contributed by atoms with van der Waals surface area (Å²) >= 11 is 0. The molecule has 0 aliphatic carbocycles. The summed E-state index contributed by atoms with van der Waals surface area (Å²) in [6, 6.07) is 1.41. The molecule has 0 radical (unpaired) electrons. The van der Waals surface area contributed by atoms with Gasteiger partial charge in [0, 0.05) is 22.9 Å². The maximum Gasteiger partial charge on any atom is 0.351 e. The zero-order valence-corrected chi connectivity index (χ0v) is 20.7. The molecule has 3 unspecified atom stereocenters. The minimum Gasteiger partial charge on any atom is -0.393 e. The number of nitrogens with one attached hydrogen (secondary N) is 1. The van der Waals surface area contributed by atoms with Crippen molar-refractivity contribution >= 4 is 5.82 Å². The Morgan fingerprint density at radius 2 is 1.77 bits per heavy atom. The zero-order valence-electron chi connectivity index (χ0n) is 20.7. The molecule has 198 valence electrons. The van der Waals surface area contributed by atoms with Crippen molar-refractivity contribution in [1.29, 1.82) is 0 Å². The molecule has 35 heavy (non-hydrogen) atoms. The zero-order chi connectivity index (χ0) is 26.5. The molecule has 1 aliphatic heterocycles. The van der Waals surface area contributed by atoms with E-state index in [0.717, 1.165) is 4.57 Å². The summed E-state index contributed by atoms with van der Waals surface area (Å²) in [5.41, 5.74) is 6.26. The van der Waals surface area contributed by atoms with Gasteiger partial charge in [-0.25, -0.2) is 4.79 Å². The molecule has 7 atom stereocenters. The van der Waals surface area contributed by atoms with Gasteiger partial charge in [0.15, 0.2) is 18.8 Å². The van der Waals surface area contributed by atoms with Gasteiger partial charge in [0.25, 0.3) is 0 Å². The van der Waals surface area contributed by atoms with Gasteiger partial charge in [-0.05, 0) is 17.5 Å². The van der Waals surface area contributed by atoms with Gasteiger partial charge in [0.05, 0.1) is 6.61 Å². The molecule has 5 N–H and O–H groups in total. The number of anilines is 1. The van der Waals surface area contributed by atoms with Gasteiger partial charge in [-0.15, -0.1) is 0 Å². The Morgan fingerprint density at radius 1 is 1.17 bits per heavy atom. The lowest BCUT2D eigenvalue weighted by atomic mass is 10.0. The highest BCUT2D eigenvalue weighted by atomic mass is 16.7. The molecular weight excluding hydrogens is 464 g/mol. The first kappa shape index (κ1) is 28.9. The Kier molecular flexibility index (Phi) is 10.0. The largest absolute Gasteiger partial charge is 0.393 e. The first-order valence-electron chi connectivity index (χ1n) is 11.4. The number of rotatable bonds is 12. The van der Waals surface area contributed by atoms with Crippen LogP contribution in [0.15, 0.2) is 22.2 Å². The lowest BCUT2D eigenvalue weighted by Crippen LogP contribution is -2.50. The summed E-state index contributed by atoms with van der Waals surface area (Å²) in [7, 11) is 0. The minimum atomic E-state index is -2.08. The van der Waals surface area contributed by atoms with Gasteiger partial charge in [-0.2, -0.15) is 4.98 Å². The predicted molar refractivity (Wildman–Crippen MR) is 123 cm³/mol. The van der Waals surface area contributed by atoms with Crippen molar-refractivity contribution in [3.8, 4) is 0 Å². The number of ether oxygens (including phenoxy) is 3. The molecule has 14 heteroatoms. The molecule has 0 bridgehead atoms. The van der Waals surface area contributed by atoms with Crippen LogP contribution in [0.25, 0.3) is 10.4 Å². The number of nitrogens with zero attached hydrogens (tertiary/aromatic N) is 5. The van der Waals surface area contributed by atoms with E-state index in [1.54, 1.807) is 41.5 Å². The number of aliphatic hydroxyl groups excluding tert-OH is 4. The van der Waals surface area contributed by atoms with Crippen LogP contribution in [0.4, 0.5) is 5.82 Å². The SMILES string of the molecule is CC(C)C(O)Nc1ccn([C@@H]2O[C@@](CO)(N=[N+]=[N-])[C@@H](OC(O)C(C)C)[C@H]2OC(O)C(C)C)c(=O)n1. The van der Waals surface area contributed by atoms with Crippen LogP contribution < -0.4 is 11.0 Å². The first-order chi connectivity index (χ1) is 16.4. The Bertz CT molecular complexity index is 937. The van der Waals surface area contributed by atoms with Gasteiger partial charge >= 0.3 is 5.69 Å². The molecule has 1 fully saturated rings. The number of hydrogen-bond donors (Lipinski definition) is 5. The van der Waals surface area contributed by atoms with Crippen molar-refractivity contribution in [3.63, 3.8) is 0 Å². The monoisotopic (exact) mass is 500 g/mol. The van der Waals surface area contributed by atoms with Gasteiger partial charge in [-0.3, -0.25) is 4.57 Å². The molecule has 1 saturated heterocycles. The Morgan fingerprint density at radius 3 is 2.26 bits per heavy atom. The second-order valence-electron chi connectivity index (χ2n) is 9.46. The van der Waals surface area contributed by atoms with Crippen LogP contribution in [0.2, 0.25) is 0 Å². The van der Waals surface area contributed by atoms with Gasteiger partial charge in [-0.1, -0.05) is 46.7 Å². The lowest BCUT2D eigenvalue weighted by molar-refractivity contribution is -0.238. The average Bonchev–Trinajstić information content (AvgIpc) is 3.07. The van der Waals surface area contributed by atoms with E-state index in [1.165, 1.54) is 12.3 Å². The van der Waals surface area contributed by atoms with Gasteiger partial charge in [0.2, 0.25) is 5.72 Å². The fourth-order valence-corrected chi connectivity index (χ4v) is 3.23. The maximum atomic E-state index is 12.9. The van der Waals surface area contributed by atoms with E-state index in [9.17, 15) is 25.2 Å². The quantitative estimate of drug-likeness (QED) is 0.118. The highest BCUT2D eigenvalue weighted by Crippen LogP contribution is 2.42. The van der Waals surface area contributed by atoms with E-state index < -0.39 is 61.2 Å². The topological polar surface area (TPSA) is 204 Å². The third-order valence-electron chi connectivity index (χ3n) is 5.54. The Hall–Kier alpha value is -2.29. The summed E-state index contributed by atoms with van der Waals surface area (Å²) in [5, 5.41) is 47.3. The molecular formula is C21H36N6O8. The van der Waals surface area contributed by atoms with E-state index in [0.29, 0.717) is 0 Å². The van der Waals surface area contributed by atoms with Crippen LogP contribution in [0, 0.1) is 17.8 Å². The number of aliphatic hydroxyl groups is 4. The second-order valence-corrected chi connectivity index (χ2v) is 9.46. The van der Waals surface area contributed by atoms with Crippen LogP contribution in [0.3, 0.4) is 0 Å². The van der Waals surface area contributed by atoms with Crippen molar-refractivity contribution in [2.24, 2.45) is 22.9 Å². The molecule has 14 nitrogen and oxygen atoms in total. The first-order valence-corrected chi connectivity index (χ1v) is 11.4. The van der Waals surface area contributed by atoms with Gasteiger partial charge < -0.3 is 40.0 Å². The van der Waals surface area contributed by atoms with Crippen molar-refractivity contribution in [3.05, 3.63) is 33.2 Å². The normalized spacial score (nSPS) is 27.2. The molecule has 0 saturated carbocycles. The molecule has 2 rings (SSSR count). The Balaban J connectivity index is 2.56. The van der Waals surface area contributed by atoms with E-state index in [-0.39, 0.29) is 17.7 Å². The third-order valence-corrected chi connectivity index (χ3v) is 5.54. The number of hydrogen-bond acceptors (Lipinski definition) is 11. The van der Waals surface area contributed by atoms with E-state index >= 15 is 0 Å². The Labute approximate surface area is 203 Å². The molecule has 1 aromatic heterocycles. The molecule has 1 aliphatic rings. The smallest absolute Gasteiger partial charge is 0.351 e. The van der Waals surface area contributed by atoms with Crippen LogP contribution >= 0.6 is 0 Å². The second kappa shape index (κ2) is 12.1. The average molecular weight is 501 g/mol. The summed E-state index contributed by atoms with van der Waals surface area (Å²) in [6.45, 7) is 9.42. The van der Waals surface area contributed by atoms with Crippen LogP contribution in [-0.2, 0) is 14.2 Å². The van der Waals surface area contributed by atoms with E-state index in [2.05, 4.69) is 20.3 Å². The standard InChI is InChI=1S/C21H36N6O8/c1-10(2)16(29)23-13-7-8-27(20(32)24-13)17-14(33-18(30)11(3)4)15(34-19(31)12(5)6)21(9-28,35-17)25-26-22/h7-8,10-12,14-19,28-31H,9H2,1-6H3,(H,23,24,32)/t14-,15+,16?,17-,18?,19?,21-/m1/s1. The molecule has 1 aromatic rings. The molecule has 2 heterocycles. The maximum absolute atomic E-state index is 12.9. The highest BCUT2D eigenvalue weighted by Gasteiger charge is 2.59. The highest BCUT2D eigenvalue weighted by molar-refractivity contribution is 5.32.